The van der Waals surface area contributed by atoms with Crippen molar-refractivity contribution in [2.75, 3.05) is 17.7 Å². The molecule has 0 saturated heterocycles. The second-order valence-electron chi connectivity index (χ2n) is 6.40. The Hall–Kier alpha value is -3.19. The molecule has 0 aliphatic heterocycles. The molecule has 1 aromatic heterocycles. The van der Waals surface area contributed by atoms with Crippen molar-refractivity contribution in [1.29, 1.82) is 0 Å². The maximum atomic E-state index is 13.4. The van der Waals surface area contributed by atoms with E-state index in [1.54, 1.807) is 18.2 Å². The number of nitrogens with one attached hydrogen (secondary N) is 2. The number of carbonyl (C=O) groups excluding carboxylic acids is 2. The predicted molar refractivity (Wildman–Crippen MR) is 114 cm³/mol. The number of carbonyl (C=O) groups is 2. The molecule has 0 aliphatic rings. The van der Waals surface area contributed by atoms with Gasteiger partial charge in [0.2, 0.25) is 0 Å². The summed E-state index contributed by atoms with van der Waals surface area (Å²) in [6.07, 6.45) is 0.878. The number of hydrogen-bond donors (Lipinski definition) is 2. The minimum absolute atomic E-state index is 0.183. The molecular weight excluding hydrogens is 391 g/mol. The van der Waals surface area contributed by atoms with Crippen molar-refractivity contribution in [2.45, 2.75) is 20.3 Å². The summed E-state index contributed by atoms with van der Waals surface area (Å²) in [5.41, 5.74) is 2.16. The van der Waals surface area contributed by atoms with Crippen LogP contribution in [0.5, 0.6) is 5.75 Å². The van der Waals surface area contributed by atoms with Crippen LogP contribution < -0.4 is 15.4 Å². The predicted octanol–water partition coefficient (Wildman–Crippen LogP) is 5.27. The number of anilines is 2. The zero-order chi connectivity index (χ0) is 21.0. The number of amides is 2. The van der Waals surface area contributed by atoms with Gasteiger partial charge in [-0.3, -0.25) is 9.59 Å². The van der Waals surface area contributed by atoms with Gasteiger partial charge in [-0.15, -0.1) is 11.3 Å². The van der Waals surface area contributed by atoms with Crippen LogP contribution in [0.25, 0.3) is 0 Å². The van der Waals surface area contributed by atoms with Crippen LogP contribution >= 0.6 is 11.3 Å². The van der Waals surface area contributed by atoms with E-state index in [1.807, 2.05) is 13.0 Å². The highest BCUT2D eigenvalue weighted by atomic mass is 32.1. The minimum atomic E-state index is -0.497. The molecule has 3 aromatic rings. The molecule has 0 spiro atoms. The Morgan fingerprint density at radius 3 is 2.52 bits per heavy atom. The molecule has 2 N–H and O–H groups in total. The summed E-state index contributed by atoms with van der Waals surface area (Å²) in [7, 11) is 1.48. The topological polar surface area (TPSA) is 67.4 Å². The lowest BCUT2D eigenvalue weighted by atomic mass is 10.2. The first kappa shape index (κ1) is 20.5. The van der Waals surface area contributed by atoms with Crippen molar-refractivity contribution >= 4 is 34.5 Å². The smallest absolute Gasteiger partial charge is 0.265 e. The van der Waals surface area contributed by atoms with Gasteiger partial charge < -0.3 is 15.4 Å². The van der Waals surface area contributed by atoms with Crippen LogP contribution in [0, 0.1) is 12.7 Å². The minimum Gasteiger partial charge on any atom is -0.495 e. The number of hydrogen-bond acceptors (Lipinski definition) is 4. The number of aryl methyl sites for hydroxylation is 2. The van der Waals surface area contributed by atoms with Crippen molar-refractivity contribution in [3.63, 3.8) is 0 Å². The van der Waals surface area contributed by atoms with Crippen molar-refractivity contribution in [3.8, 4) is 5.75 Å². The lowest BCUT2D eigenvalue weighted by molar-refractivity contribution is 0.102. The number of thiophene rings is 1. The Bertz CT molecular complexity index is 1060. The maximum Gasteiger partial charge on any atom is 0.265 e. The SMILES string of the molecule is CCc1sc(C(=O)Nc2ccc(OC)c(NC(=O)c3cccc(F)c3)c2)cc1C. The zero-order valence-electron chi connectivity index (χ0n) is 16.3. The summed E-state index contributed by atoms with van der Waals surface area (Å²) >= 11 is 1.47. The van der Waals surface area contributed by atoms with Crippen molar-refractivity contribution in [3.05, 3.63) is 75.2 Å². The molecule has 3 rings (SSSR count). The summed E-state index contributed by atoms with van der Waals surface area (Å²) in [5.74, 6) is -0.769. The van der Waals surface area contributed by atoms with E-state index in [1.165, 1.54) is 41.5 Å². The highest BCUT2D eigenvalue weighted by Crippen LogP contribution is 2.29. The van der Waals surface area contributed by atoms with E-state index in [9.17, 15) is 14.0 Å². The van der Waals surface area contributed by atoms with Crippen LogP contribution in [0.3, 0.4) is 0 Å². The Morgan fingerprint density at radius 2 is 1.86 bits per heavy atom. The molecule has 5 nitrogen and oxygen atoms in total. The molecule has 0 saturated carbocycles. The Labute approximate surface area is 172 Å². The van der Waals surface area contributed by atoms with E-state index in [4.69, 9.17) is 4.74 Å². The van der Waals surface area contributed by atoms with E-state index < -0.39 is 11.7 Å². The molecule has 0 atom stereocenters. The largest absolute Gasteiger partial charge is 0.495 e. The quantitative estimate of drug-likeness (QED) is 0.579. The van der Waals surface area contributed by atoms with Gasteiger partial charge in [0.25, 0.3) is 11.8 Å². The van der Waals surface area contributed by atoms with Crippen LogP contribution in [0.15, 0.2) is 48.5 Å². The number of ether oxygens (including phenoxy) is 1. The van der Waals surface area contributed by atoms with Crippen LogP contribution in [-0.4, -0.2) is 18.9 Å². The summed E-state index contributed by atoms with van der Waals surface area (Å²) in [6, 6.07) is 12.2. The van der Waals surface area contributed by atoms with Gasteiger partial charge >= 0.3 is 0 Å². The first-order chi connectivity index (χ1) is 13.9. The lowest BCUT2D eigenvalue weighted by Crippen LogP contribution is -2.14. The molecule has 0 bridgehead atoms. The van der Waals surface area contributed by atoms with Gasteiger partial charge in [-0.1, -0.05) is 13.0 Å². The number of halogens is 1. The van der Waals surface area contributed by atoms with Gasteiger partial charge in [-0.05, 0) is 61.4 Å². The maximum absolute atomic E-state index is 13.4. The van der Waals surface area contributed by atoms with Crippen LogP contribution in [0.4, 0.5) is 15.8 Å². The van der Waals surface area contributed by atoms with Crippen molar-refractivity contribution in [2.24, 2.45) is 0 Å². The molecule has 0 fully saturated rings. The van der Waals surface area contributed by atoms with Crippen LogP contribution in [-0.2, 0) is 6.42 Å². The fourth-order valence-corrected chi connectivity index (χ4v) is 3.89. The molecule has 2 amide bonds. The van der Waals surface area contributed by atoms with E-state index in [-0.39, 0.29) is 11.5 Å². The second-order valence-corrected chi connectivity index (χ2v) is 7.54. The van der Waals surface area contributed by atoms with Gasteiger partial charge in [0.05, 0.1) is 17.7 Å². The van der Waals surface area contributed by atoms with E-state index in [0.717, 1.165) is 18.1 Å². The molecule has 1 heterocycles. The fraction of sp³-hybridized carbons (Fsp3) is 0.182. The van der Waals surface area contributed by atoms with Gasteiger partial charge in [0.15, 0.2) is 0 Å². The Kier molecular flexibility index (Phi) is 6.29. The number of methoxy groups -OCH3 is 1. The molecule has 0 radical (unpaired) electrons. The third kappa shape index (κ3) is 4.81. The first-order valence-corrected chi connectivity index (χ1v) is 9.88. The molecule has 29 heavy (non-hydrogen) atoms. The van der Waals surface area contributed by atoms with Crippen LogP contribution in [0.2, 0.25) is 0 Å². The molecule has 2 aromatic carbocycles. The van der Waals surface area contributed by atoms with E-state index in [0.29, 0.717) is 22.0 Å². The summed E-state index contributed by atoms with van der Waals surface area (Å²) in [5, 5.41) is 5.54. The molecule has 150 valence electrons. The molecule has 0 aliphatic carbocycles. The van der Waals surface area contributed by atoms with Crippen molar-refractivity contribution < 1.29 is 18.7 Å². The highest BCUT2D eigenvalue weighted by Gasteiger charge is 2.15. The average Bonchev–Trinajstić information content (AvgIpc) is 3.09. The standard InChI is InChI=1S/C22H21FN2O3S/c1-4-19-13(2)10-20(29-19)22(27)24-16-8-9-18(28-3)17(12-16)25-21(26)14-6-5-7-15(23)11-14/h5-12H,4H2,1-3H3,(H,24,27)(H,25,26). The third-order valence-corrected chi connectivity index (χ3v) is 5.74. The summed E-state index contributed by atoms with van der Waals surface area (Å²) in [4.78, 5) is 26.8. The average molecular weight is 412 g/mol. The molecule has 7 heteroatoms. The normalized spacial score (nSPS) is 10.5. The van der Waals surface area contributed by atoms with Crippen molar-refractivity contribution in [1.82, 2.24) is 0 Å². The van der Waals surface area contributed by atoms with Crippen LogP contribution in [0.1, 0.15) is 37.4 Å². The fourth-order valence-electron chi connectivity index (χ4n) is 2.88. The van der Waals surface area contributed by atoms with Gasteiger partial charge in [0.1, 0.15) is 11.6 Å². The van der Waals surface area contributed by atoms with E-state index in [2.05, 4.69) is 17.6 Å². The third-order valence-electron chi connectivity index (χ3n) is 4.36. The number of rotatable bonds is 6. The van der Waals surface area contributed by atoms with Gasteiger partial charge in [-0.2, -0.15) is 0 Å². The van der Waals surface area contributed by atoms with Gasteiger partial charge in [0, 0.05) is 16.1 Å². The second kappa shape index (κ2) is 8.87. The molecule has 0 unspecified atom stereocenters. The Morgan fingerprint density at radius 1 is 1.07 bits per heavy atom. The monoisotopic (exact) mass is 412 g/mol. The van der Waals surface area contributed by atoms with E-state index >= 15 is 0 Å². The highest BCUT2D eigenvalue weighted by molar-refractivity contribution is 7.14. The Balaban J connectivity index is 1.81. The number of benzene rings is 2. The first-order valence-electron chi connectivity index (χ1n) is 9.07. The van der Waals surface area contributed by atoms with Gasteiger partial charge in [-0.25, -0.2) is 4.39 Å². The summed E-state index contributed by atoms with van der Waals surface area (Å²) < 4.78 is 18.7. The summed E-state index contributed by atoms with van der Waals surface area (Å²) in [6.45, 7) is 4.04. The lowest BCUT2D eigenvalue weighted by Gasteiger charge is -2.13. The molecular formula is C22H21FN2O3S. The zero-order valence-corrected chi connectivity index (χ0v) is 17.2.